The molecule has 0 aliphatic rings. The Hall–Kier alpha value is -2.19. The molecule has 8 heteroatoms. The average molecular weight is 338 g/mol. The smallest absolute Gasteiger partial charge is 0.322 e. The molecule has 0 bridgehead atoms. The molecule has 0 atom stereocenters. The lowest BCUT2D eigenvalue weighted by atomic mass is 10.3. The molecule has 2 aromatic rings. The number of pyridine rings is 1. The number of carbonyl (C=O) groups is 1. The van der Waals surface area contributed by atoms with E-state index in [9.17, 15) is 13.2 Å². The van der Waals surface area contributed by atoms with E-state index in [-0.39, 0.29) is 19.7 Å². The van der Waals surface area contributed by atoms with Crippen LogP contribution in [-0.4, -0.2) is 36.0 Å². The molecule has 0 fully saturated rings. The Labute approximate surface area is 134 Å². The number of ether oxygens (including phenoxy) is 1. The Bertz CT molecular complexity index is 714. The van der Waals surface area contributed by atoms with E-state index in [4.69, 9.17) is 9.15 Å². The summed E-state index contributed by atoms with van der Waals surface area (Å²) >= 11 is 0. The van der Waals surface area contributed by atoms with Crippen LogP contribution in [0.4, 0.5) is 0 Å². The van der Waals surface area contributed by atoms with E-state index in [1.807, 2.05) is 0 Å². The number of hydrogen-bond donors (Lipinski definition) is 0. The number of furan rings is 1. The second kappa shape index (κ2) is 7.89. The van der Waals surface area contributed by atoms with Gasteiger partial charge in [0.2, 0.25) is 10.0 Å². The third-order valence-corrected chi connectivity index (χ3v) is 4.64. The van der Waals surface area contributed by atoms with Crippen LogP contribution in [0.1, 0.15) is 18.2 Å². The van der Waals surface area contributed by atoms with Crippen LogP contribution >= 0.6 is 0 Å². The molecule has 0 saturated heterocycles. The molecular weight excluding hydrogens is 320 g/mol. The monoisotopic (exact) mass is 338 g/mol. The fourth-order valence-corrected chi connectivity index (χ4v) is 3.20. The SMILES string of the molecule is CCOC(=O)CS(=O)(=O)N(Cc1cccnc1)Cc1ccco1. The molecule has 23 heavy (non-hydrogen) atoms. The molecule has 0 unspecified atom stereocenters. The van der Waals surface area contributed by atoms with Gasteiger partial charge in [0.1, 0.15) is 5.76 Å². The molecule has 2 aromatic heterocycles. The van der Waals surface area contributed by atoms with Gasteiger partial charge in [0.15, 0.2) is 5.75 Å². The Kier molecular flexibility index (Phi) is 5.89. The van der Waals surface area contributed by atoms with Gasteiger partial charge in [-0.2, -0.15) is 4.31 Å². The van der Waals surface area contributed by atoms with Crippen molar-refractivity contribution in [2.24, 2.45) is 0 Å². The maximum atomic E-state index is 12.5. The highest BCUT2D eigenvalue weighted by atomic mass is 32.2. The van der Waals surface area contributed by atoms with Crippen molar-refractivity contribution in [1.29, 1.82) is 0 Å². The van der Waals surface area contributed by atoms with E-state index in [1.54, 1.807) is 43.6 Å². The largest absolute Gasteiger partial charge is 0.468 e. The third kappa shape index (κ3) is 5.19. The Morgan fingerprint density at radius 1 is 1.30 bits per heavy atom. The highest BCUT2D eigenvalue weighted by Gasteiger charge is 2.27. The number of rotatable bonds is 8. The van der Waals surface area contributed by atoms with Gasteiger partial charge in [-0.05, 0) is 30.7 Å². The molecule has 0 amide bonds. The van der Waals surface area contributed by atoms with Crippen molar-refractivity contribution in [2.45, 2.75) is 20.0 Å². The number of nitrogens with zero attached hydrogens (tertiary/aromatic N) is 2. The van der Waals surface area contributed by atoms with Crippen molar-refractivity contribution in [3.05, 3.63) is 54.2 Å². The summed E-state index contributed by atoms with van der Waals surface area (Å²) in [6.45, 7) is 1.88. The van der Waals surface area contributed by atoms with Gasteiger partial charge < -0.3 is 9.15 Å². The van der Waals surface area contributed by atoms with Crippen LogP contribution < -0.4 is 0 Å². The quantitative estimate of drug-likeness (QED) is 0.679. The summed E-state index contributed by atoms with van der Waals surface area (Å²) in [4.78, 5) is 15.5. The van der Waals surface area contributed by atoms with Crippen LogP contribution in [0.3, 0.4) is 0 Å². The number of sulfonamides is 1. The van der Waals surface area contributed by atoms with E-state index < -0.39 is 21.7 Å². The molecular formula is C15H18N2O5S. The molecule has 0 aliphatic carbocycles. The predicted octanol–water partition coefficient (Wildman–Crippen LogP) is 1.57. The van der Waals surface area contributed by atoms with Crippen LogP contribution in [0.15, 0.2) is 47.3 Å². The first-order valence-electron chi connectivity index (χ1n) is 7.06. The number of carbonyl (C=O) groups excluding carboxylic acids is 1. The van der Waals surface area contributed by atoms with Crippen molar-refractivity contribution in [3.8, 4) is 0 Å². The lowest BCUT2D eigenvalue weighted by Crippen LogP contribution is -2.35. The summed E-state index contributed by atoms with van der Waals surface area (Å²) in [5.41, 5.74) is 0.714. The van der Waals surface area contributed by atoms with Crippen molar-refractivity contribution in [2.75, 3.05) is 12.4 Å². The van der Waals surface area contributed by atoms with Gasteiger partial charge >= 0.3 is 5.97 Å². The van der Waals surface area contributed by atoms with Gasteiger partial charge in [-0.25, -0.2) is 8.42 Å². The Balaban J connectivity index is 2.19. The molecule has 0 spiro atoms. The maximum absolute atomic E-state index is 12.5. The van der Waals surface area contributed by atoms with E-state index >= 15 is 0 Å². The van der Waals surface area contributed by atoms with Crippen LogP contribution in [-0.2, 0) is 32.6 Å². The van der Waals surface area contributed by atoms with E-state index in [0.717, 1.165) is 0 Å². The fraction of sp³-hybridized carbons (Fsp3) is 0.333. The Morgan fingerprint density at radius 3 is 2.74 bits per heavy atom. The maximum Gasteiger partial charge on any atom is 0.322 e. The van der Waals surface area contributed by atoms with Crippen LogP contribution in [0, 0.1) is 0 Å². The molecule has 0 N–H and O–H groups in total. The minimum Gasteiger partial charge on any atom is -0.468 e. The zero-order valence-electron chi connectivity index (χ0n) is 12.7. The number of aromatic nitrogens is 1. The molecule has 0 aliphatic heterocycles. The topological polar surface area (TPSA) is 89.7 Å². The molecule has 2 heterocycles. The molecule has 2 rings (SSSR count). The first-order chi connectivity index (χ1) is 11.0. The number of hydrogen-bond acceptors (Lipinski definition) is 6. The minimum atomic E-state index is -3.85. The van der Waals surface area contributed by atoms with Crippen LogP contribution in [0.2, 0.25) is 0 Å². The van der Waals surface area contributed by atoms with Gasteiger partial charge in [-0.3, -0.25) is 9.78 Å². The average Bonchev–Trinajstić information content (AvgIpc) is 3.00. The summed E-state index contributed by atoms with van der Waals surface area (Å²) < 4.78 is 36.1. The van der Waals surface area contributed by atoms with Crippen LogP contribution in [0.25, 0.3) is 0 Å². The Morgan fingerprint density at radius 2 is 2.13 bits per heavy atom. The molecule has 0 saturated carbocycles. The van der Waals surface area contributed by atoms with E-state index in [1.165, 1.54) is 10.6 Å². The highest BCUT2D eigenvalue weighted by Crippen LogP contribution is 2.15. The summed E-state index contributed by atoms with van der Waals surface area (Å²) in [5.74, 6) is -0.994. The fourth-order valence-electron chi connectivity index (χ4n) is 1.97. The molecule has 0 radical (unpaired) electrons. The second-order valence-electron chi connectivity index (χ2n) is 4.77. The molecule has 0 aromatic carbocycles. The highest BCUT2D eigenvalue weighted by molar-refractivity contribution is 7.89. The normalized spacial score (nSPS) is 11.6. The van der Waals surface area contributed by atoms with Gasteiger partial charge in [0.25, 0.3) is 0 Å². The molecule has 7 nitrogen and oxygen atoms in total. The first kappa shape index (κ1) is 17.2. The summed E-state index contributed by atoms with van der Waals surface area (Å²) in [5, 5.41) is 0. The van der Waals surface area contributed by atoms with Gasteiger partial charge in [-0.15, -0.1) is 0 Å². The lowest BCUT2D eigenvalue weighted by Gasteiger charge is -2.20. The van der Waals surface area contributed by atoms with E-state index in [2.05, 4.69) is 4.98 Å². The minimum absolute atomic E-state index is 0.0314. The van der Waals surface area contributed by atoms with Crippen LogP contribution in [0.5, 0.6) is 0 Å². The predicted molar refractivity (Wildman–Crippen MR) is 82.6 cm³/mol. The zero-order chi connectivity index (χ0) is 16.7. The van der Waals surface area contributed by atoms with E-state index in [0.29, 0.717) is 11.3 Å². The summed E-state index contributed by atoms with van der Waals surface area (Å²) in [6.07, 6.45) is 4.65. The van der Waals surface area contributed by atoms with Gasteiger partial charge in [0.05, 0.1) is 19.4 Å². The molecule has 124 valence electrons. The third-order valence-electron chi connectivity index (χ3n) is 2.99. The first-order valence-corrected chi connectivity index (χ1v) is 8.67. The van der Waals surface area contributed by atoms with Crippen molar-refractivity contribution in [1.82, 2.24) is 9.29 Å². The van der Waals surface area contributed by atoms with Gasteiger partial charge in [0, 0.05) is 18.9 Å². The number of esters is 1. The van der Waals surface area contributed by atoms with Gasteiger partial charge in [-0.1, -0.05) is 6.07 Å². The standard InChI is InChI=1S/C15H18N2O5S/c1-2-21-15(18)12-23(19,20)17(11-14-6-4-8-22-14)10-13-5-3-7-16-9-13/h3-9H,2,10-12H2,1H3. The van der Waals surface area contributed by atoms with Crippen molar-refractivity contribution >= 4 is 16.0 Å². The van der Waals surface area contributed by atoms with Crippen molar-refractivity contribution < 1.29 is 22.4 Å². The van der Waals surface area contributed by atoms with Crippen molar-refractivity contribution in [3.63, 3.8) is 0 Å². The summed E-state index contributed by atoms with van der Waals surface area (Å²) in [7, 11) is -3.85. The lowest BCUT2D eigenvalue weighted by molar-refractivity contribution is -0.140. The second-order valence-corrected chi connectivity index (χ2v) is 6.74. The zero-order valence-corrected chi connectivity index (χ0v) is 13.5. The summed E-state index contributed by atoms with van der Waals surface area (Å²) in [6, 6.07) is 6.84.